The van der Waals surface area contributed by atoms with Gasteiger partial charge < -0.3 is 14.5 Å². The fourth-order valence-corrected chi connectivity index (χ4v) is 5.04. The monoisotopic (exact) mass is 563 g/mol. The second-order valence-corrected chi connectivity index (χ2v) is 11.6. The van der Waals surface area contributed by atoms with Gasteiger partial charge >= 0.3 is 6.09 Å². The van der Waals surface area contributed by atoms with Gasteiger partial charge in [0.2, 0.25) is 0 Å². The lowest BCUT2D eigenvalue weighted by molar-refractivity contribution is 0.0221. The Bertz CT molecular complexity index is 1600. The molecule has 0 spiro atoms. The fourth-order valence-electron chi connectivity index (χ4n) is 4.87. The Morgan fingerprint density at radius 3 is 2.67 bits per heavy atom. The molecule has 0 atom stereocenters. The van der Waals surface area contributed by atoms with Crippen LogP contribution in [0.15, 0.2) is 36.7 Å². The SMILES string of the molecule is CCn1ncc(CN(C)C(=O)c2cc(-n3cc4c(n3)CN(C(=O)OC(C)(C)C)CC4)nc3ccc(Cl)cc23)c1C. The first-order valence-electron chi connectivity index (χ1n) is 13.4. The molecular formula is C29H34ClN7O3. The van der Waals surface area contributed by atoms with Gasteiger partial charge in [0.15, 0.2) is 5.82 Å². The molecule has 40 heavy (non-hydrogen) atoms. The number of fused-ring (bicyclic) bond motifs is 2. The van der Waals surface area contributed by atoms with E-state index in [4.69, 9.17) is 26.4 Å². The molecule has 0 bridgehead atoms. The van der Waals surface area contributed by atoms with Gasteiger partial charge in [-0.1, -0.05) is 11.6 Å². The van der Waals surface area contributed by atoms with Gasteiger partial charge in [0, 0.05) is 54.5 Å². The number of carbonyl (C=O) groups excluding carboxylic acids is 2. The molecule has 210 valence electrons. The van der Waals surface area contributed by atoms with Crippen LogP contribution >= 0.6 is 11.6 Å². The van der Waals surface area contributed by atoms with E-state index in [1.54, 1.807) is 45.8 Å². The summed E-state index contributed by atoms with van der Waals surface area (Å²) < 4.78 is 9.14. The smallest absolute Gasteiger partial charge is 0.410 e. The molecule has 4 heterocycles. The van der Waals surface area contributed by atoms with E-state index in [1.807, 2.05) is 51.7 Å². The Morgan fingerprint density at radius 2 is 1.98 bits per heavy atom. The molecule has 1 aromatic carbocycles. The van der Waals surface area contributed by atoms with Crippen molar-refractivity contribution >= 4 is 34.5 Å². The van der Waals surface area contributed by atoms with E-state index in [0.717, 1.165) is 29.1 Å². The van der Waals surface area contributed by atoms with E-state index in [0.29, 0.717) is 53.4 Å². The lowest BCUT2D eigenvalue weighted by atomic mass is 10.1. The summed E-state index contributed by atoms with van der Waals surface area (Å²) in [5.74, 6) is 0.354. The molecule has 0 fully saturated rings. The summed E-state index contributed by atoms with van der Waals surface area (Å²) in [6.07, 6.45) is 4.03. The summed E-state index contributed by atoms with van der Waals surface area (Å²) in [6.45, 7) is 11.7. The molecule has 4 aromatic rings. The van der Waals surface area contributed by atoms with Crippen molar-refractivity contribution in [3.05, 3.63) is 69.8 Å². The number of carbonyl (C=O) groups is 2. The lowest BCUT2D eigenvalue weighted by Crippen LogP contribution is -2.39. The number of pyridine rings is 1. The zero-order valence-electron chi connectivity index (χ0n) is 23.7. The molecule has 10 nitrogen and oxygen atoms in total. The van der Waals surface area contributed by atoms with Gasteiger partial charge in [0.1, 0.15) is 5.60 Å². The van der Waals surface area contributed by atoms with Crippen LogP contribution in [0.5, 0.6) is 0 Å². The quantitative estimate of drug-likeness (QED) is 0.332. The van der Waals surface area contributed by atoms with Gasteiger partial charge in [-0.25, -0.2) is 14.5 Å². The third kappa shape index (κ3) is 5.54. The molecular weight excluding hydrogens is 530 g/mol. The number of rotatable bonds is 5. The highest BCUT2D eigenvalue weighted by atomic mass is 35.5. The molecule has 0 radical (unpaired) electrons. The molecule has 1 aliphatic rings. The van der Waals surface area contributed by atoms with E-state index in [2.05, 4.69) is 5.10 Å². The Hall–Kier alpha value is -3.92. The van der Waals surface area contributed by atoms with Crippen LogP contribution < -0.4 is 0 Å². The molecule has 3 aromatic heterocycles. The van der Waals surface area contributed by atoms with E-state index < -0.39 is 5.60 Å². The molecule has 0 aliphatic carbocycles. The van der Waals surface area contributed by atoms with Gasteiger partial charge in [-0.15, -0.1) is 0 Å². The topological polar surface area (TPSA) is 98.4 Å². The van der Waals surface area contributed by atoms with Gasteiger partial charge in [-0.05, 0) is 70.9 Å². The van der Waals surface area contributed by atoms with Gasteiger partial charge in [-0.2, -0.15) is 10.2 Å². The van der Waals surface area contributed by atoms with Crippen molar-refractivity contribution in [2.45, 2.75) is 66.3 Å². The largest absolute Gasteiger partial charge is 0.444 e. The number of amides is 2. The molecule has 5 rings (SSSR count). The minimum Gasteiger partial charge on any atom is -0.444 e. The summed E-state index contributed by atoms with van der Waals surface area (Å²) in [4.78, 5) is 34.6. The third-order valence-corrected chi connectivity index (χ3v) is 7.24. The first-order valence-corrected chi connectivity index (χ1v) is 13.7. The number of ether oxygens (including phenoxy) is 1. The minimum atomic E-state index is -0.570. The van der Waals surface area contributed by atoms with Gasteiger partial charge in [0.05, 0.1) is 29.5 Å². The number of nitrogens with zero attached hydrogens (tertiary/aromatic N) is 7. The van der Waals surface area contributed by atoms with Crippen molar-refractivity contribution in [2.24, 2.45) is 0 Å². The zero-order valence-corrected chi connectivity index (χ0v) is 24.5. The number of aromatic nitrogens is 5. The van der Waals surface area contributed by atoms with E-state index in [-0.39, 0.29) is 12.0 Å². The summed E-state index contributed by atoms with van der Waals surface area (Å²) in [7, 11) is 1.78. The highest BCUT2D eigenvalue weighted by molar-refractivity contribution is 6.31. The van der Waals surface area contributed by atoms with Crippen LogP contribution in [-0.2, 0) is 30.8 Å². The summed E-state index contributed by atoms with van der Waals surface area (Å²) in [6, 6.07) is 7.08. The Kier molecular flexibility index (Phi) is 7.31. The first-order chi connectivity index (χ1) is 18.9. The van der Waals surface area contributed by atoms with E-state index in [9.17, 15) is 9.59 Å². The summed E-state index contributed by atoms with van der Waals surface area (Å²) in [5, 5.41) is 10.4. The van der Waals surface area contributed by atoms with Crippen molar-refractivity contribution in [1.82, 2.24) is 34.3 Å². The average molecular weight is 564 g/mol. The third-order valence-electron chi connectivity index (χ3n) is 7.00. The Morgan fingerprint density at radius 1 is 1.20 bits per heavy atom. The fraction of sp³-hybridized carbons (Fsp3) is 0.414. The lowest BCUT2D eigenvalue weighted by Gasteiger charge is -2.29. The van der Waals surface area contributed by atoms with Crippen LogP contribution in [-0.4, -0.2) is 65.5 Å². The normalized spacial score (nSPS) is 13.4. The molecule has 2 amide bonds. The number of hydrogen-bond donors (Lipinski definition) is 0. The average Bonchev–Trinajstić information content (AvgIpc) is 3.49. The maximum atomic E-state index is 13.8. The predicted octanol–water partition coefficient (Wildman–Crippen LogP) is 5.16. The van der Waals surface area contributed by atoms with E-state index in [1.165, 1.54) is 0 Å². The Labute approximate surface area is 238 Å². The predicted molar refractivity (Wildman–Crippen MR) is 153 cm³/mol. The molecule has 0 unspecified atom stereocenters. The van der Waals surface area contributed by atoms with Crippen LogP contribution in [0.1, 0.15) is 60.6 Å². The molecule has 0 saturated heterocycles. The molecule has 1 aliphatic heterocycles. The molecule has 0 N–H and O–H groups in total. The van der Waals surface area contributed by atoms with Crippen molar-refractivity contribution in [2.75, 3.05) is 13.6 Å². The second-order valence-electron chi connectivity index (χ2n) is 11.1. The first kappa shape index (κ1) is 27.6. The Balaban J connectivity index is 1.47. The number of aryl methyl sites for hydroxylation is 1. The standard InChI is InChI=1S/C29H34ClN7O3/c1-7-36-18(2)20(14-31-36)15-34(6)27(38)23-13-26(32-24-9-8-21(30)12-22(23)24)37-16-19-10-11-35(17-25(19)33-37)28(39)40-29(3,4)5/h8-9,12-14,16H,7,10-11,15,17H2,1-6H3. The van der Waals surface area contributed by atoms with Crippen molar-refractivity contribution in [1.29, 1.82) is 0 Å². The summed E-state index contributed by atoms with van der Waals surface area (Å²) >= 11 is 6.33. The van der Waals surface area contributed by atoms with Crippen molar-refractivity contribution < 1.29 is 14.3 Å². The maximum Gasteiger partial charge on any atom is 0.410 e. The second kappa shape index (κ2) is 10.6. The van der Waals surface area contributed by atoms with Crippen LogP contribution in [0.3, 0.4) is 0 Å². The van der Waals surface area contributed by atoms with Gasteiger partial charge in [0.25, 0.3) is 5.91 Å². The number of halogens is 1. The minimum absolute atomic E-state index is 0.160. The van der Waals surface area contributed by atoms with Crippen LogP contribution in [0.25, 0.3) is 16.7 Å². The van der Waals surface area contributed by atoms with Crippen LogP contribution in [0.4, 0.5) is 4.79 Å². The van der Waals surface area contributed by atoms with Crippen LogP contribution in [0.2, 0.25) is 5.02 Å². The summed E-state index contributed by atoms with van der Waals surface area (Å²) in [5.41, 5.74) is 4.39. The van der Waals surface area contributed by atoms with Gasteiger partial charge in [-0.3, -0.25) is 9.48 Å². The molecule has 11 heteroatoms. The maximum absolute atomic E-state index is 13.8. The van der Waals surface area contributed by atoms with Crippen molar-refractivity contribution in [3.63, 3.8) is 0 Å². The number of benzene rings is 1. The highest BCUT2D eigenvalue weighted by Gasteiger charge is 2.28. The van der Waals surface area contributed by atoms with E-state index >= 15 is 0 Å². The molecule has 0 saturated carbocycles. The zero-order chi connectivity index (χ0) is 28.8. The highest BCUT2D eigenvalue weighted by Crippen LogP contribution is 2.27. The number of hydrogen-bond acceptors (Lipinski definition) is 6. The van der Waals surface area contributed by atoms with Crippen LogP contribution in [0, 0.1) is 6.92 Å². The van der Waals surface area contributed by atoms with Crippen molar-refractivity contribution in [3.8, 4) is 5.82 Å².